The highest BCUT2D eigenvalue weighted by Gasteiger charge is 2.04. The molecule has 190 valence electrons. The number of rotatable bonds is 14. The van der Waals surface area contributed by atoms with E-state index in [4.69, 9.17) is 14.2 Å². The fraction of sp³-hybridized carbons (Fsp3) is 0.194. The van der Waals surface area contributed by atoms with Gasteiger partial charge in [-0.25, -0.2) is 0 Å². The van der Waals surface area contributed by atoms with Crippen molar-refractivity contribution < 1.29 is 19.0 Å². The summed E-state index contributed by atoms with van der Waals surface area (Å²) in [6.45, 7) is 1.67. The first-order valence-corrected chi connectivity index (χ1v) is 12.5. The van der Waals surface area contributed by atoms with E-state index in [0.717, 1.165) is 30.0 Å². The summed E-state index contributed by atoms with van der Waals surface area (Å²) in [7, 11) is 0. The van der Waals surface area contributed by atoms with Gasteiger partial charge in [0.15, 0.2) is 0 Å². The molecule has 37 heavy (non-hydrogen) atoms. The van der Waals surface area contributed by atoms with Gasteiger partial charge in [0.25, 0.3) is 0 Å². The first kappa shape index (κ1) is 25.6. The molecule has 0 aromatic heterocycles. The van der Waals surface area contributed by atoms with Crippen LogP contribution in [0.4, 0.5) is 11.4 Å². The second-order valence-corrected chi connectivity index (χ2v) is 8.40. The topological polar surface area (TPSA) is 68.8 Å². The second kappa shape index (κ2) is 14.2. The number of carbonyl (C=O) groups excluding carboxylic acids is 1. The SMILES string of the molecule is O=C(CNc1cccc(OCCCc2ccccc2)c1)Nc1ccc(OCCOc2ccccc2)cc1. The van der Waals surface area contributed by atoms with Gasteiger partial charge < -0.3 is 24.8 Å². The van der Waals surface area contributed by atoms with Crippen molar-refractivity contribution in [2.75, 3.05) is 37.0 Å². The van der Waals surface area contributed by atoms with Gasteiger partial charge in [-0.2, -0.15) is 0 Å². The van der Waals surface area contributed by atoms with Crippen LogP contribution in [0.5, 0.6) is 17.2 Å². The third-order valence-electron chi connectivity index (χ3n) is 5.51. The van der Waals surface area contributed by atoms with E-state index < -0.39 is 0 Å². The highest BCUT2D eigenvalue weighted by molar-refractivity contribution is 5.93. The van der Waals surface area contributed by atoms with Crippen LogP contribution in [0.1, 0.15) is 12.0 Å². The fourth-order valence-electron chi connectivity index (χ4n) is 3.66. The van der Waals surface area contributed by atoms with Crippen LogP contribution < -0.4 is 24.8 Å². The summed E-state index contributed by atoms with van der Waals surface area (Å²) in [5, 5.41) is 6.04. The molecule has 4 rings (SSSR count). The molecule has 0 heterocycles. The minimum absolute atomic E-state index is 0.140. The van der Waals surface area contributed by atoms with E-state index >= 15 is 0 Å². The van der Waals surface area contributed by atoms with E-state index in [2.05, 4.69) is 34.9 Å². The van der Waals surface area contributed by atoms with E-state index in [1.165, 1.54) is 5.56 Å². The van der Waals surface area contributed by atoms with Crippen LogP contribution in [0.2, 0.25) is 0 Å². The molecule has 4 aromatic carbocycles. The Morgan fingerprint density at radius 3 is 1.95 bits per heavy atom. The Morgan fingerprint density at radius 1 is 0.595 bits per heavy atom. The smallest absolute Gasteiger partial charge is 0.243 e. The number of aryl methyl sites for hydroxylation is 1. The van der Waals surface area contributed by atoms with Crippen molar-refractivity contribution in [3.63, 3.8) is 0 Å². The van der Waals surface area contributed by atoms with Crippen molar-refractivity contribution >= 4 is 17.3 Å². The summed E-state index contributed by atoms with van der Waals surface area (Å²) in [4.78, 5) is 12.4. The van der Waals surface area contributed by atoms with Crippen molar-refractivity contribution in [1.82, 2.24) is 0 Å². The number of hydrogen-bond acceptors (Lipinski definition) is 5. The first-order valence-electron chi connectivity index (χ1n) is 12.5. The molecule has 0 spiro atoms. The lowest BCUT2D eigenvalue weighted by Gasteiger charge is -2.11. The van der Waals surface area contributed by atoms with E-state index in [1.807, 2.05) is 84.9 Å². The Kier molecular flexibility index (Phi) is 9.83. The van der Waals surface area contributed by atoms with E-state index in [0.29, 0.717) is 31.3 Å². The number of benzene rings is 4. The summed E-state index contributed by atoms with van der Waals surface area (Å²) in [5.41, 5.74) is 2.84. The third-order valence-corrected chi connectivity index (χ3v) is 5.51. The zero-order valence-corrected chi connectivity index (χ0v) is 20.8. The molecule has 0 bridgehead atoms. The molecule has 0 radical (unpaired) electrons. The summed E-state index contributed by atoms with van der Waals surface area (Å²) < 4.78 is 17.2. The van der Waals surface area contributed by atoms with E-state index in [-0.39, 0.29) is 12.5 Å². The standard InChI is InChI=1S/C31H32N2O4/c34-31(33-26-16-18-29(19-17-26)37-22-21-36-28-13-5-2-6-14-28)24-32-27-12-7-15-30(23-27)35-20-8-11-25-9-3-1-4-10-25/h1-7,9-10,12-19,23,32H,8,11,20-22,24H2,(H,33,34). The molecule has 1 amide bonds. The maximum atomic E-state index is 12.4. The summed E-state index contributed by atoms with van der Waals surface area (Å²) in [6.07, 6.45) is 1.92. The normalized spacial score (nSPS) is 10.4. The van der Waals surface area contributed by atoms with Crippen LogP contribution in [0.3, 0.4) is 0 Å². The molecular formula is C31H32N2O4. The predicted molar refractivity (Wildman–Crippen MR) is 148 cm³/mol. The van der Waals surface area contributed by atoms with Gasteiger partial charge in [-0.15, -0.1) is 0 Å². The van der Waals surface area contributed by atoms with Gasteiger partial charge in [-0.1, -0.05) is 54.6 Å². The van der Waals surface area contributed by atoms with Gasteiger partial charge in [-0.05, 0) is 66.9 Å². The molecule has 0 saturated carbocycles. The lowest BCUT2D eigenvalue weighted by molar-refractivity contribution is -0.114. The maximum Gasteiger partial charge on any atom is 0.243 e. The van der Waals surface area contributed by atoms with Gasteiger partial charge >= 0.3 is 0 Å². The van der Waals surface area contributed by atoms with Gasteiger partial charge in [0.05, 0.1) is 13.2 Å². The Hall–Kier alpha value is -4.45. The van der Waals surface area contributed by atoms with Gasteiger partial charge in [0.1, 0.15) is 30.5 Å². The third kappa shape index (κ3) is 9.26. The minimum atomic E-state index is -0.140. The van der Waals surface area contributed by atoms with E-state index in [1.54, 1.807) is 0 Å². The lowest BCUT2D eigenvalue weighted by Crippen LogP contribution is -2.21. The molecule has 0 aliphatic heterocycles. The quantitative estimate of drug-likeness (QED) is 0.203. The van der Waals surface area contributed by atoms with Crippen molar-refractivity contribution in [3.8, 4) is 17.2 Å². The number of carbonyl (C=O) groups is 1. The molecule has 4 aromatic rings. The highest BCUT2D eigenvalue weighted by atomic mass is 16.5. The average Bonchev–Trinajstić information content (AvgIpc) is 2.95. The van der Waals surface area contributed by atoms with Crippen molar-refractivity contribution in [2.24, 2.45) is 0 Å². The number of para-hydroxylation sites is 1. The van der Waals surface area contributed by atoms with Crippen LogP contribution >= 0.6 is 0 Å². The van der Waals surface area contributed by atoms with Crippen LogP contribution in [0.25, 0.3) is 0 Å². The molecular weight excluding hydrogens is 464 g/mol. The molecule has 0 unspecified atom stereocenters. The number of amides is 1. The monoisotopic (exact) mass is 496 g/mol. The summed E-state index contributed by atoms with van der Waals surface area (Å²) in [6, 6.07) is 34.9. The molecule has 0 atom stereocenters. The largest absolute Gasteiger partial charge is 0.494 e. The van der Waals surface area contributed by atoms with E-state index in [9.17, 15) is 4.79 Å². The Balaban J connectivity index is 1.13. The Bertz CT molecular complexity index is 1210. The predicted octanol–water partition coefficient (Wildman–Crippen LogP) is 6.21. The molecule has 6 nitrogen and oxygen atoms in total. The zero-order chi connectivity index (χ0) is 25.5. The lowest BCUT2D eigenvalue weighted by atomic mass is 10.1. The Labute approximate surface area is 218 Å². The van der Waals surface area contributed by atoms with Crippen LogP contribution in [0.15, 0.2) is 109 Å². The molecule has 0 aliphatic rings. The minimum Gasteiger partial charge on any atom is -0.494 e. The van der Waals surface area contributed by atoms with Crippen LogP contribution in [-0.4, -0.2) is 32.3 Å². The first-order chi connectivity index (χ1) is 18.2. The highest BCUT2D eigenvalue weighted by Crippen LogP contribution is 2.19. The van der Waals surface area contributed by atoms with Crippen molar-refractivity contribution in [1.29, 1.82) is 0 Å². The van der Waals surface area contributed by atoms with Crippen LogP contribution in [0, 0.1) is 0 Å². The molecule has 0 aliphatic carbocycles. The van der Waals surface area contributed by atoms with Crippen molar-refractivity contribution in [3.05, 3.63) is 115 Å². The van der Waals surface area contributed by atoms with Gasteiger partial charge in [0, 0.05) is 17.4 Å². The van der Waals surface area contributed by atoms with Crippen LogP contribution in [-0.2, 0) is 11.2 Å². The molecule has 2 N–H and O–H groups in total. The summed E-state index contributed by atoms with van der Waals surface area (Å²) in [5.74, 6) is 2.17. The molecule has 0 saturated heterocycles. The zero-order valence-electron chi connectivity index (χ0n) is 20.8. The number of hydrogen-bond donors (Lipinski definition) is 2. The summed E-state index contributed by atoms with van der Waals surface area (Å²) >= 11 is 0. The molecule has 0 fully saturated rings. The second-order valence-electron chi connectivity index (χ2n) is 8.40. The van der Waals surface area contributed by atoms with Gasteiger partial charge in [-0.3, -0.25) is 4.79 Å². The fourth-order valence-corrected chi connectivity index (χ4v) is 3.66. The van der Waals surface area contributed by atoms with Gasteiger partial charge in [0.2, 0.25) is 5.91 Å². The average molecular weight is 497 g/mol. The Morgan fingerprint density at radius 2 is 1.22 bits per heavy atom. The van der Waals surface area contributed by atoms with Crippen molar-refractivity contribution in [2.45, 2.75) is 12.8 Å². The number of ether oxygens (including phenoxy) is 3. The maximum absolute atomic E-state index is 12.4. The number of anilines is 2. The molecule has 6 heteroatoms. The number of nitrogens with one attached hydrogen (secondary N) is 2.